The maximum absolute atomic E-state index is 10.9. The van der Waals surface area contributed by atoms with Crippen LogP contribution in [0, 0.1) is 0 Å². The standard InChI is InChI=1S/C14H10ClN3O2S/c15-9-1-3-11(4-2-9)21-13-5-10(6-14(19)20)18-12(13)7-16-8-17-18/h1-5,7-8H,6H2,(H,19,20). The number of aromatic nitrogens is 3. The third-order valence-electron chi connectivity index (χ3n) is 2.85. The zero-order valence-corrected chi connectivity index (χ0v) is 12.3. The average Bonchev–Trinajstić information content (AvgIpc) is 2.79. The van der Waals surface area contributed by atoms with E-state index in [1.807, 2.05) is 30.3 Å². The molecule has 0 unspecified atom stereocenters. The van der Waals surface area contributed by atoms with Gasteiger partial charge >= 0.3 is 5.97 Å². The predicted octanol–water partition coefficient (Wildman–Crippen LogP) is 3.16. The van der Waals surface area contributed by atoms with E-state index in [4.69, 9.17) is 16.7 Å². The van der Waals surface area contributed by atoms with Gasteiger partial charge in [-0.1, -0.05) is 23.4 Å². The second-order valence-electron chi connectivity index (χ2n) is 4.33. The molecule has 7 heteroatoms. The zero-order valence-electron chi connectivity index (χ0n) is 10.7. The first kappa shape index (κ1) is 13.9. The lowest BCUT2D eigenvalue weighted by molar-refractivity contribution is -0.136. The summed E-state index contributed by atoms with van der Waals surface area (Å²) in [5.74, 6) is -0.893. The lowest BCUT2D eigenvalue weighted by Gasteiger charge is -2.00. The normalized spacial score (nSPS) is 10.9. The minimum absolute atomic E-state index is 0.0840. The Labute approximate surface area is 129 Å². The monoisotopic (exact) mass is 319 g/mol. The van der Waals surface area contributed by atoms with Crippen LogP contribution in [0.4, 0.5) is 0 Å². The van der Waals surface area contributed by atoms with Crippen molar-refractivity contribution in [1.82, 2.24) is 14.6 Å². The van der Waals surface area contributed by atoms with Gasteiger partial charge in [-0.2, -0.15) is 5.10 Å². The van der Waals surface area contributed by atoms with Gasteiger partial charge in [0.2, 0.25) is 0 Å². The van der Waals surface area contributed by atoms with Gasteiger partial charge in [-0.25, -0.2) is 9.50 Å². The molecule has 0 saturated heterocycles. The van der Waals surface area contributed by atoms with Crippen LogP contribution in [0.25, 0.3) is 5.52 Å². The van der Waals surface area contributed by atoms with Crippen molar-refractivity contribution in [1.29, 1.82) is 0 Å². The van der Waals surface area contributed by atoms with Crippen molar-refractivity contribution in [3.05, 3.63) is 53.6 Å². The van der Waals surface area contributed by atoms with Crippen molar-refractivity contribution in [3.63, 3.8) is 0 Å². The quantitative estimate of drug-likeness (QED) is 0.800. The Morgan fingerprint density at radius 3 is 2.81 bits per heavy atom. The van der Waals surface area contributed by atoms with E-state index in [0.717, 1.165) is 15.3 Å². The number of hydrogen-bond donors (Lipinski definition) is 1. The molecule has 0 aliphatic rings. The van der Waals surface area contributed by atoms with Crippen LogP contribution in [0.15, 0.2) is 52.6 Å². The molecule has 2 heterocycles. The van der Waals surface area contributed by atoms with Gasteiger partial charge in [0, 0.05) is 14.8 Å². The number of hydrogen-bond acceptors (Lipinski definition) is 4. The fourth-order valence-corrected chi connectivity index (χ4v) is 3.07. The van der Waals surface area contributed by atoms with E-state index < -0.39 is 5.97 Å². The fraction of sp³-hybridized carbons (Fsp3) is 0.0714. The predicted molar refractivity (Wildman–Crippen MR) is 79.9 cm³/mol. The highest BCUT2D eigenvalue weighted by atomic mass is 35.5. The Bertz CT molecular complexity index is 802. The topological polar surface area (TPSA) is 67.5 Å². The summed E-state index contributed by atoms with van der Waals surface area (Å²) in [6, 6.07) is 9.29. The molecule has 0 bridgehead atoms. The number of benzene rings is 1. The summed E-state index contributed by atoms with van der Waals surface area (Å²) in [4.78, 5) is 16.9. The highest BCUT2D eigenvalue weighted by Crippen LogP contribution is 2.33. The van der Waals surface area contributed by atoms with Gasteiger partial charge in [0.1, 0.15) is 6.33 Å². The van der Waals surface area contributed by atoms with Crippen LogP contribution >= 0.6 is 23.4 Å². The highest BCUT2D eigenvalue weighted by molar-refractivity contribution is 7.99. The van der Waals surface area contributed by atoms with E-state index in [1.54, 1.807) is 10.7 Å². The van der Waals surface area contributed by atoms with Crippen LogP contribution in [0.1, 0.15) is 5.69 Å². The third kappa shape index (κ3) is 3.01. The molecule has 5 nitrogen and oxygen atoms in total. The Balaban J connectivity index is 2.01. The Morgan fingerprint density at radius 1 is 1.33 bits per heavy atom. The molecule has 3 aromatic rings. The molecule has 1 aromatic carbocycles. The molecule has 0 aliphatic heterocycles. The summed E-state index contributed by atoms with van der Waals surface area (Å²) in [6.07, 6.45) is 2.99. The lowest BCUT2D eigenvalue weighted by Crippen LogP contribution is -2.04. The SMILES string of the molecule is O=C(O)Cc1cc(Sc2ccc(Cl)cc2)c2cncnn12. The summed E-state index contributed by atoms with van der Waals surface area (Å²) < 4.78 is 1.61. The molecule has 0 saturated carbocycles. The van der Waals surface area contributed by atoms with Crippen LogP contribution < -0.4 is 0 Å². The third-order valence-corrected chi connectivity index (χ3v) is 4.16. The number of fused-ring (bicyclic) bond motifs is 1. The van der Waals surface area contributed by atoms with E-state index in [2.05, 4.69) is 10.1 Å². The van der Waals surface area contributed by atoms with Crippen molar-refractivity contribution >= 4 is 34.8 Å². The summed E-state index contributed by atoms with van der Waals surface area (Å²) >= 11 is 7.39. The molecule has 1 N–H and O–H groups in total. The maximum atomic E-state index is 10.9. The van der Waals surface area contributed by atoms with E-state index in [9.17, 15) is 4.79 Å². The number of carboxylic acid groups (broad SMARTS) is 1. The number of aliphatic carboxylic acids is 1. The molecule has 106 valence electrons. The molecule has 0 aliphatic carbocycles. The minimum atomic E-state index is -0.893. The van der Waals surface area contributed by atoms with Gasteiger partial charge < -0.3 is 5.11 Å². The van der Waals surface area contributed by atoms with E-state index in [-0.39, 0.29) is 6.42 Å². The van der Waals surface area contributed by atoms with Crippen LogP contribution in [0.2, 0.25) is 5.02 Å². The highest BCUT2D eigenvalue weighted by Gasteiger charge is 2.13. The van der Waals surface area contributed by atoms with Crippen molar-refractivity contribution in [2.45, 2.75) is 16.2 Å². The van der Waals surface area contributed by atoms with Gasteiger partial charge in [-0.15, -0.1) is 0 Å². The molecule has 3 rings (SSSR count). The van der Waals surface area contributed by atoms with Crippen LogP contribution in [0.3, 0.4) is 0 Å². The largest absolute Gasteiger partial charge is 0.481 e. The van der Waals surface area contributed by atoms with Crippen LogP contribution in [-0.4, -0.2) is 25.7 Å². The molecular weight excluding hydrogens is 310 g/mol. The number of nitrogens with zero attached hydrogens (tertiary/aromatic N) is 3. The first-order chi connectivity index (χ1) is 10.1. The summed E-state index contributed by atoms with van der Waals surface area (Å²) in [6.45, 7) is 0. The average molecular weight is 320 g/mol. The number of carboxylic acids is 1. The molecule has 0 atom stereocenters. The Morgan fingerprint density at radius 2 is 2.10 bits per heavy atom. The van der Waals surface area contributed by atoms with E-state index >= 15 is 0 Å². The first-order valence-corrected chi connectivity index (χ1v) is 7.29. The van der Waals surface area contributed by atoms with Crippen molar-refractivity contribution in [2.75, 3.05) is 0 Å². The minimum Gasteiger partial charge on any atom is -0.481 e. The van der Waals surface area contributed by atoms with Gasteiger partial charge in [0.05, 0.1) is 23.8 Å². The van der Waals surface area contributed by atoms with Crippen molar-refractivity contribution in [2.24, 2.45) is 0 Å². The van der Waals surface area contributed by atoms with Gasteiger partial charge in [-0.05, 0) is 30.3 Å². The van der Waals surface area contributed by atoms with E-state index in [0.29, 0.717) is 10.7 Å². The second-order valence-corrected chi connectivity index (χ2v) is 5.88. The van der Waals surface area contributed by atoms with E-state index in [1.165, 1.54) is 18.1 Å². The first-order valence-electron chi connectivity index (χ1n) is 6.09. The summed E-state index contributed by atoms with van der Waals surface area (Å²) in [7, 11) is 0. The fourth-order valence-electron chi connectivity index (χ4n) is 1.98. The Hall–Kier alpha value is -2.05. The van der Waals surface area contributed by atoms with Crippen molar-refractivity contribution in [3.8, 4) is 0 Å². The molecule has 2 aromatic heterocycles. The van der Waals surface area contributed by atoms with Gasteiger partial charge in [0.25, 0.3) is 0 Å². The molecule has 0 spiro atoms. The molecule has 0 fully saturated rings. The van der Waals surface area contributed by atoms with Crippen LogP contribution in [-0.2, 0) is 11.2 Å². The molecule has 21 heavy (non-hydrogen) atoms. The lowest BCUT2D eigenvalue weighted by atomic mass is 10.3. The molecule has 0 radical (unpaired) electrons. The number of carbonyl (C=O) groups is 1. The Kier molecular flexibility index (Phi) is 3.81. The van der Waals surface area contributed by atoms with Gasteiger partial charge in [0.15, 0.2) is 0 Å². The second kappa shape index (κ2) is 5.75. The van der Waals surface area contributed by atoms with Crippen LogP contribution in [0.5, 0.6) is 0 Å². The zero-order chi connectivity index (χ0) is 14.8. The molecular formula is C14H10ClN3O2S. The summed E-state index contributed by atoms with van der Waals surface area (Å²) in [5, 5.41) is 13.8. The maximum Gasteiger partial charge on any atom is 0.309 e. The molecule has 0 amide bonds. The number of halogens is 1. The number of rotatable bonds is 4. The van der Waals surface area contributed by atoms with Gasteiger partial charge in [-0.3, -0.25) is 4.79 Å². The van der Waals surface area contributed by atoms with Crippen molar-refractivity contribution < 1.29 is 9.90 Å². The summed E-state index contributed by atoms with van der Waals surface area (Å²) in [5.41, 5.74) is 1.41. The smallest absolute Gasteiger partial charge is 0.309 e.